The summed E-state index contributed by atoms with van der Waals surface area (Å²) in [5, 5.41) is 0. The minimum Gasteiger partial charge on any atom is -0.532 e. The first-order valence-corrected chi connectivity index (χ1v) is 8.88. The van der Waals surface area contributed by atoms with Crippen molar-refractivity contribution in [1.29, 1.82) is 0 Å². The van der Waals surface area contributed by atoms with E-state index in [1.54, 1.807) is 54.6 Å². The first-order chi connectivity index (χ1) is 14.1. The van der Waals surface area contributed by atoms with Gasteiger partial charge < -0.3 is 9.31 Å². The van der Waals surface area contributed by atoms with Crippen LogP contribution in [0.5, 0.6) is 5.75 Å². The number of halogens is 6. The SMILES string of the molecule is FC(F)(F)c1cc(B2Oc3ccccc3C(c3ccccc3)O2)cc(C(F)(F)F)c1. The van der Waals surface area contributed by atoms with Crippen molar-refractivity contribution in [3.63, 3.8) is 0 Å². The highest BCUT2D eigenvalue weighted by Crippen LogP contribution is 2.39. The molecule has 0 aliphatic carbocycles. The molecule has 1 aliphatic heterocycles. The molecule has 0 N–H and O–H groups in total. The molecule has 30 heavy (non-hydrogen) atoms. The van der Waals surface area contributed by atoms with Crippen LogP contribution < -0.4 is 10.1 Å². The van der Waals surface area contributed by atoms with E-state index in [1.807, 2.05) is 0 Å². The molecule has 4 rings (SSSR count). The molecule has 3 aromatic carbocycles. The van der Waals surface area contributed by atoms with Crippen molar-refractivity contribution in [1.82, 2.24) is 0 Å². The Labute approximate surface area is 168 Å². The predicted molar refractivity (Wildman–Crippen MR) is 98.3 cm³/mol. The minimum atomic E-state index is -4.96. The lowest BCUT2D eigenvalue weighted by molar-refractivity contribution is -0.142. The van der Waals surface area contributed by atoms with Gasteiger partial charge in [-0.25, -0.2) is 0 Å². The lowest BCUT2D eigenvalue weighted by Crippen LogP contribution is -2.44. The van der Waals surface area contributed by atoms with Gasteiger partial charge in [-0.1, -0.05) is 48.5 Å². The molecule has 0 bridgehead atoms. The van der Waals surface area contributed by atoms with E-state index >= 15 is 0 Å². The Morgan fingerprint density at radius 2 is 1.27 bits per heavy atom. The van der Waals surface area contributed by atoms with Crippen molar-refractivity contribution in [2.24, 2.45) is 0 Å². The van der Waals surface area contributed by atoms with E-state index in [0.717, 1.165) is 0 Å². The van der Waals surface area contributed by atoms with Crippen LogP contribution in [0.4, 0.5) is 26.3 Å². The van der Waals surface area contributed by atoms with Gasteiger partial charge in [0.05, 0.1) is 17.2 Å². The van der Waals surface area contributed by atoms with Crippen LogP contribution in [-0.4, -0.2) is 7.12 Å². The van der Waals surface area contributed by atoms with Crippen LogP contribution in [0.3, 0.4) is 0 Å². The van der Waals surface area contributed by atoms with Gasteiger partial charge >= 0.3 is 19.5 Å². The Hall–Kier alpha value is -2.94. The second-order valence-corrected chi connectivity index (χ2v) is 6.75. The number of rotatable bonds is 2. The Balaban J connectivity index is 1.81. The van der Waals surface area contributed by atoms with E-state index in [-0.39, 0.29) is 11.5 Å². The van der Waals surface area contributed by atoms with Gasteiger partial charge in [0.2, 0.25) is 0 Å². The van der Waals surface area contributed by atoms with E-state index in [4.69, 9.17) is 9.31 Å². The highest BCUT2D eigenvalue weighted by atomic mass is 19.4. The van der Waals surface area contributed by atoms with E-state index in [9.17, 15) is 26.3 Å². The van der Waals surface area contributed by atoms with Crippen LogP contribution >= 0.6 is 0 Å². The van der Waals surface area contributed by atoms with Crippen molar-refractivity contribution in [3.05, 3.63) is 95.1 Å². The number of hydrogen-bond donors (Lipinski definition) is 0. The Morgan fingerprint density at radius 1 is 0.700 bits per heavy atom. The van der Waals surface area contributed by atoms with Crippen LogP contribution in [0.15, 0.2) is 72.8 Å². The summed E-state index contributed by atoms with van der Waals surface area (Å²) in [6.07, 6.45) is -10.6. The first-order valence-electron chi connectivity index (χ1n) is 8.88. The first kappa shape index (κ1) is 20.3. The zero-order valence-electron chi connectivity index (χ0n) is 15.2. The van der Waals surface area contributed by atoms with Crippen LogP contribution in [0.1, 0.15) is 28.4 Å². The molecule has 3 aromatic rings. The minimum absolute atomic E-state index is 0.0783. The molecule has 1 aliphatic rings. The topological polar surface area (TPSA) is 18.5 Å². The standard InChI is InChI=1S/C21H13BF6O2/c23-20(24,25)14-10-15(21(26,27)28)12-16(11-14)22-29-18-9-5-4-8-17(18)19(30-22)13-6-2-1-3-7-13/h1-12,19H. The third-order valence-electron chi connectivity index (χ3n) is 4.68. The van der Waals surface area contributed by atoms with Crippen molar-refractivity contribution >= 4 is 12.6 Å². The summed E-state index contributed by atoms with van der Waals surface area (Å²) in [5.41, 5.74) is -1.89. The van der Waals surface area contributed by atoms with Crippen LogP contribution in [0.2, 0.25) is 0 Å². The van der Waals surface area contributed by atoms with Gasteiger partial charge in [-0.05, 0) is 35.3 Å². The molecule has 2 nitrogen and oxygen atoms in total. The van der Waals surface area contributed by atoms with Crippen LogP contribution in [0.25, 0.3) is 0 Å². The molecule has 154 valence electrons. The van der Waals surface area contributed by atoms with Gasteiger partial charge in [0.25, 0.3) is 0 Å². The maximum absolute atomic E-state index is 13.2. The van der Waals surface area contributed by atoms with Crippen molar-refractivity contribution < 1.29 is 35.7 Å². The summed E-state index contributed by atoms with van der Waals surface area (Å²) in [6.45, 7) is 0. The molecule has 0 saturated carbocycles. The number of para-hydroxylation sites is 1. The van der Waals surface area contributed by atoms with Gasteiger partial charge in [0.15, 0.2) is 0 Å². The zero-order valence-corrected chi connectivity index (χ0v) is 15.2. The fourth-order valence-corrected chi connectivity index (χ4v) is 3.29. The largest absolute Gasteiger partial charge is 0.563 e. The van der Waals surface area contributed by atoms with Crippen molar-refractivity contribution in [2.75, 3.05) is 0 Å². The Kier molecular flexibility index (Phi) is 5.01. The van der Waals surface area contributed by atoms with E-state index in [0.29, 0.717) is 29.0 Å². The molecule has 1 unspecified atom stereocenters. The fourth-order valence-electron chi connectivity index (χ4n) is 3.29. The molecule has 0 saturated heterocycles. The molecule has 0 aromatic heterocycles. The van der Waals surface area contributed by atoms with E-state index < -0.39 is 36.7 Å². The molecular weight excluding hydrogens is 409 g/mol. The summed E-state index contributed by atoms with van der Waals surface area (Å²) in [4.78, 5) is 0. The van der Waals surface area contributed by atoms with Gasteiger partial charge in [-0.15, -0.1) is 0 Å². The van der Waals surface area contributed by atoms with Crippen molar-refractivity contribution in [3.8, 4) is 5.75 Å². The molecule has 0 fully saturated rings. The molecule has 1 heterocycles. The highest BCUT2D eigenvalue weighted by Gasteiger charge is 2.41. The number of benzene rings is 3. The molecule has 0 radical (unpaired) electrons. The van der Waals surface area contributed by atoms with Crippen molar-refractivity contribution in [2.45, 2.75) is 18.5 Å². The monoisotopic (exact) mass is 422 g/mol. The summed E-state index contributed by atoms with van der Waals surface area (Å²) in [6, 6.07) is 16.9. The summed E-state index contributed by atoms with van der Waals surface area (Å²) >= 11 is 0. The van der Waals surface area contributed by atoms with Gasteiger partial charge in [-0.2, -0.15) is 26.3 Å². The third-order valence-corrected chi connectivity index (χ3v) is 4.68. The normalized spacial score (nSPS) is 16.7. The molecule has 1 atom stereocenters. The van der Waals surface area contributed by atoms with Gasteiger partial charge in [-0.3, -0.25) is 0 Å². The lowest BCUT2D eigenvalue weighted by atomic mass is 9.74. The van der Waals surface area contributed by atoms with Crippen LogP contribution in [0, 0.1) is 0 Å². The Bertz CT molecular complexity index is 1020. The maximum Gasteiger partial charge on any atom is 0.563 e. The van der Waals surface area contributed by atoms with E-state index in [2.05, 4.69) is 0 Å². The predicted octanol–water partition coefficient (Wildman–Crippen LogP) is 5.62. The second-order valence-electron chi connectivity index (χ2n) is 6.75. The summed E-state index contributed by atoms with van der Waals surface area (Å²) in [5.74, 6) is 0.327. The molecule has 0 amide bonds. The summed E-state index contributed by atoms with van der Waals surface area (Å²) in [7, 11) is -1.45. The quantitative estimate of drug-likeness (QED) is 0.395. The lowest BCUT2D eigenvalue weighted by Gasteiger charge is -2.31. The number of fused-ring (bicyclic) bond motifs is 1. The smallest absolute Gasteiger partial charge is 0.532 e. The average molecular weight is 422 g/mol. The fraction of sp³-hybridized carbons (Fsp3) is 0.143. The summed E-state index contributed by atoms with van der Waals surface area (Å²) < 4.78 is 90.9. The molecule has 9 heteroatoms. The number of hydrogen-bond acceptors (Lipinski definition) is 2. The highest BCUT2D eigenvalue weighted by molar-refractivity contribution is 6.62. The van der Waals surface area contributed by atoms with Gasteiger partial charge in [0.1, 0.15) is 5.75 Å². The maximum atomic E-state index is 13.2. The molecule has 0 spiro atoms. The Morgan fingerprint density at radius 3 is 1.87 bits per heavy atom. The molecular formula is C21H13BF6O2. The zero-order chi connectivity index (χ0) is 21.5. The third kappa shape index (κ3) is 4.02. The van der Waals surface area contributed by atoms with E-state index in [1.165, 1.54) is 0 Å². The van der Waals surface area contributed by atoms with Gasteiger partial charge in [0, 0.05) is 5.56 Å². The second kappa shape index (κ2) is 7.39. The van der Waals surface area contributed by atoms with Crippen LogP contribution in [-0.2, 0) is 17.0 Å². The number of alkyl halides is 6. The average Bonchev–Trinajstić information content (AvgIpc) is 2.72.